The molecule has 0 fully saturated rings. The number of aryl methyl sites for hydroxylation is 2. The fourth-order valence-electron chi connectivity index (χ4n) is 2.92. The van der Waals surface area contributed by atoms with E-state index < -0.39 is 11.2 Å². The molecule has 0 spiro atoms. The number of H-pyrrole nitrogens is 1. The molecular weight excluding hydrogens is 350 g/mol. The lowest BCUT2D eigenvalue weighted by molar-refractivity contribution is -0.133. The monoisotopic (exact) mass is 379 g/mol. The van der Waals surface area contributed by atoms with E-state index in [4.69, 9.17) is 4.84 Å². The van der Waals surface area contributed by atoms with Crippen molar-refractivity contribution in [3.63, 3.8) is 0 Å². The fourth-order valence-corrected chi connectivity index (χ4v) is 2.92. The molecule has 0 unspecified atom stereocenters. The van der Waals surface area contributed by atoms with Crippen LogP contribution in [-0.4, -0.2) is 31.6 Å². The van der Waals surface area contributed by atoms with Crippen molar-refractivity contribution in [3.05, 3.63) is 26.7 Å². The summed E-state index contributed by atoms with van der Waals surface area (Å²) in [6.45, 7) is 9.35. The minimum absolute atomic E-state index is 0.179. The largest absolute Gasteiger partial charge is 0.330 e. The molecule has 2 heterocycles. The number of unbranched alkanes of at least 4 members (excludes halogenated alkanes) is 1. The maximum absolute atomic E-state index is 12.5. The number of amides is 1. The van der Waals surface area contributed by atoms with Crippen LogP contribution in [0.3, 0.4) is 0 Å². The highest BCUT2D eigenvalue weighted by molar-refractivity contribution is 5.75. The summed E-state index contributed by atoms with van der Waals surface area (Å²) in [5.74, 6) is 0.637. The van der Waals surface area contributed by atoms with Gasteiger partial charge in [0.2, 0.25) is 5.91 Å². The highest BCUT2D eigenvalue weighted by Gasteiger charge is 2.19. The van der Waals surface area contributed by atoms with Crippen LogP contribution in [0.2, 0.25) is 0 Å². The van der Waals surface area contributed by atoms with Crippen molar-refractivity contribution in [1.82, 2.24) is 24.6 Å². The third kappa shape index (κ3) is 5.06. The van der Waals surface area contributed by atoms with Crippen LogP contribution in [0.5, 0.6) is 0 Å². The number of nitrogens with one attached hydrogen (secondary N) is 2. The van der Waals surface area contributed by atoms with E-state index in [1.807, 2.05) is 25.3 Å². The molecule has 2 aromatic heterocycles. The molecule has 9 nitrogen and oxygen atoms in total. The first-order valence-corrected chi connectivity index (χ1v) is 9.51. The molecule has 9 heteroatoms. The standard InChI is InChI=1S/C18H29N5O4/c1-5-7-10-22-16-15(17(25)20-18(22)26)23(11-12(3)4)13(19-16)8-9-14(24)21-27-6-2/h12H,5-11H2,1-4H3,(H,21,24)(H,20,25,26). The SMILES string of the molecule is CCCCn1c(=O)[nH]c(=O)c2c1nc(CCC(=O)NOCC)n2CC(C)C. The number of hydroxylamine groups is 1. The van der Waals surface area contributed by atoms with Crippen LogP contribution in [-0.2, 0) is 29.1 Å². The van der Waals surface area contributed by atoms with E-state index in [0.29, 0.717) is 43.1 Å². The molecule has 1 amide bonds. The Morgan fingerprint density at radius 3 is 2.63 bits per heavy atom. The Morgan fingerprint density at radius 2 is 2.00 bits per heavy atom. The second kappa shape index (κ2) is 9.50. The van der Waals surface area contributed by atoms with E-state index in [1.165, 1.54) is 4.57 Å². The van der Waals surface area contributed by atoms with Crippen molar-refractivity contribution in [2.24, 2.45) is 5.92 Å². The Bertz CT molecular complexity index is 894. The van der Waals surface area contributed by atoms with E-state index in [1.54, 1.807) is 6.92 Å². The Morgan fingerprint density at radius 1 is 1.26 bits per heavy atom. The van der Waals surface area contributed by atoms with Crippen molar-refractivity contribution in [2.75, 3.05) is 6.61 Å². The molecule has 150 valence electrons. The average Bonchev–Trinajstić information content (AvgIpc) is 2.96. The molecule has 0 aromatic carbocycles. The van der Waals surface area contributed by atoms with Crippen LogP contribution in [0.15, 0.2) is 9.59 Å². The number of nitrogens with zero attached hydrogens (tertiary/aromatic N) is 3. The Hall–Kier alpha value is -2.42. The molecule has 0 saturated carbocycles. The third-order valence-corrected chi connectivity index (χ3v) is 4.15. The van der Waals surface area contributed by atoms with Crippen molar-refractivity contribution >= 4 is 17.1 Å². The van der Waals surface area contributed by atoms with Gasteiger partial charge in [0.05, 0.1) is 6.61 Å². The first-order valence-electron chi connectivity index (χ1n) is 9.51. The number of aromatic nitrogens is 4. The first kappa shape index (κ1) is 20.9. The summed E-state index contributed by atoms with van der Waals surface area (Å²) in [5, 5.41) is 0. The zero-order chi connectivity index (χ0) is 20.0. The summed E-state index contributed by atoms with van der Waals surface area (Å²) in [6, 6.07) is 0. The summed E-state index contributed by atoms with van der Waals surface area (Å²) in [6.07, 6.45) is 2.26. The summed E-state index contributed by atoms with van der Waals surface area (Å²) in [7, 11) is 0. The summed E-state index contributed by atoms with van der Waals surface area (Å²) in [4.78, 5) is 48.5. The molecular formula is C18H29N5O4. The van der Waals surface area contributed by atoms with Crippen molar-refractivity contribution in [2.45, 2.75) is 66.5 Å². The summed E-state index contributed by atoms with van der Waals surface area (Å²) >= 11 is 0. The van der Waals surface area contributed by atoms with Gasteiger partial charge in [-0.3, -0.25) is 24.0 Å². The van der Waals surface area contributed by atoms with Crippen molar-refractivity contribution in [3.8, 4) is 0 Å². The van der Waals surface area contributed by atoms with Gasteiger partial charge in [-0.1, -0.05) is 27.2 Å². The van der Waals surface area contributed by atoms with Gasteiger partial charge in [-0.2, -0.15) is 0 Å². The minimum Gasteiger partial charge on any atom is -0.322 e. The number of hydrogen-bond donors (Lipinski definition) is 2. The van der Waals surface area contributed by atoms with Crippen LogP contribution in [0.4, 0.5) is 0 Å². The molecule has 27 heavy (non-hydrogen) atoms. The number of hydrogen-bond acceptors (Lipinski definition) is 5. The van der Waals surface area contributed by atoms with Gasteiger partial charge in [0.25, 0.3) is 5.56 Å². The van der Waals surface area contributed by atoms with Gasteiger partial charge in [-0.15, -0.1) is 0 Å². The van der Waals surface area contributed by atoms with Crippen molar-refractivity contribution in [1.29, 1.82) is 0 Å². The van der Waals surface area contributed by atoms with Crippen LogP contribution < -0.4 is 16.7 Å². The Labute approximate surface area is 157 Å². The number of rotatable bonds is 10. The van der Waals surface area contributed by atoms with Crippen LogP contribution >= 0.6 is 0 Å². The highest BCUT2D eigenvalue weighted by Crippen LogP contribution is 2.16. The molecule has 0 aliphatic rings. The zero-order valence-electron chi connectivity index (χ0n) is 16.5. The van der Waals surface area contributed by atoms with Gasteiger partial charge in [-0.05, 0) is 19.3 Å². The van der Waals surface area contributed by atoms with Gasteiger partial charge in [0.1, 0.15) is 5.82 Å². The Balaban J connectivity index is 2.48. The van der Waals surface area contributed by atoms with E-state index in [2.05, 4.69) is 15.4 Å². The second-order valence-corrected chi connectivity index (χ2v) is 6.93. The quantitative estimate of drug-likeness (QED) is 0.605. The number of carbonyl (C=O) groups excluding carboxylic acids is 1. The van der Waals surface area contributed by atoms with Crippen LogP contribution in [0.1, 0.15) is 52.8 Å². The van der Waals surface area contributed by atoms with E-state index in [0.717, 1.165) is 12.8 Å². The average molecular weight is 379 g/mol. The topological polar surface area (TPSA) is 111 Å². The molecule has 0 atom stereocenters. The maximum Gasteiger partial charge on any atom is 0.330 e. The van der Waals surface area contributed by atoms with Crippen LogP contribution in [0, 0.1) is 5.92 Å². The first-order chi connectivity index (χ1) is 12.9. The third-order valence-electron chi connectivity index (χ3n) is 4.15. The summed E-state index contributed by atoms with van der Waals surface area (Å²) in [5.41, 5.74) is 2.24. The van der Waals surface area contributed by atoms with E-state index in [-0.39, 0.29) is 18.2 Å². The zero-order valence-corrected chi connectivity index (χ0v) is 16.5. The molecule has 2 rings (SSSR count). The maximum atomic E-state index is 12.5. The number of fused-ring (bicyclic) bond motifs is 1. The highest BCUT2D eigenvalue weighted by atomic mass is 16.6. The normalized spacial score (nSPS) is 11.4. The summed E-state index contributed by atoms with van der Waals surface area (Å²) < 4.78 is 3.34. The minimum atomic E-state index is -0.448. The lowest BCUT2D eigenvalue weighted by Gasteiger charge is -2.11. The predicted octanol–water partition coefficient (Wildman–Crippen LogP) is 1.34. The van der Waals surface area contributed by atoms with Crippen LogP contribution in [0.25, 0.3) is 11.2 Å². The molecule has 2 aromatic rings. The van der Waals surface area contributed by atoms with Gasteiger partial charge < -0.3 is 4.57 Å². The Kier molecular flexibility index (Phi) is 7.35. The molecule has 2 N–H and O–H groups in total. The molecule has 0 radical (unpaired) electrons. The number of imidazole rings is 1. The second-order valence-electron chi connectivity index (χ2n) is 6.93. The lowest BCUT2D eigenvalue weighted by atomic mass is 10.2. The molecule has 0 bridgehead atoms. The molecule has 0 saturated heterocycles. The van der Waals surface area contributed by atoms with Gasteiger partial charge in [0.15, 0.2) is 11.2 Å². The van der Waals surface area contributed by atoms with Gasteiger partial charge in [0, 0.05) is 25.9 Å². The fraction of sp³-hybridized carbons (Fsp3) is 0.667. The lowest BCUT2D eigenvalue weighted by Crippen LogP contribution is -2.31. The van der Waals surface area contributed by atoms with Crippen molar-refractivity contribution < 1.29 is 9.63 Å². The van der Waals surface area contributed by atoms with E-state index in [9.17, 15) is 14.4 Å². The predicted molar refractivity (Wildman–Crippen MR) is 102 cm³/mol. The van der Waals surface area contributed by atoms with Gasteiger partial charge >= 0.3 is 5.69 Å². The smallest absolute Gasteiger partial charge is 0.322 e. The van der Waals surface area contributed by atoms with E-state index >= 15 is 0 Å². The van der Waals surface area contributed by atoms with Gasteiger partial charge in [-0.25, -0.2) is 15.3 Å². The number of carbonyl (C=O) groups is 1. The number of aromatic amines is 1. The molecule has 0 aliphatic carbocycles. The molecule has 0 aliphatic heterocycles.